The van der Waals surface area contributed by atoms with Crippen LogP contribution in [0.25, 0.3) is 0 Å². The molecule has 56 heavy (non-hydrogen) atoms. The van der Waals surface area contributed by atoms with Crippen LogP contribution >= 0.6 is 0 Å². The molecule has 2 nitrogen and oxygen atoms in total. The zero-order valence-corrected chi connectivity index (χ0v) is 36.0. The van der Waals surface area contributed by atoms with Crippen LogP contribution in [0.4, 0.5) is 11.4 Å². The smallest absolute Gasteiger partial charge is 0.0346 e. The Morgan fingerprint density at radius 3 is 0.893 bits per heavy atom. The molecule has 0 spiro atoms. The number of nitrogens with two attached hydrogens (primary N) is 2. The monoisotopic (exact) mass is 757 g/mol. The van der Waals surface area contributed by atoms with Gasteiger partial charge in [-0.15, -0.1) is 0 Å². The van der Waals surface area contributed by atoms with Gasteiger partial charge < -0.3 is 11.5 Å². The van der Waals surface area contributed by atoms with E-state index in [1.54, 1.807) is 0 Å². The Morgan fingerprint density at radius 1 is 0.286 bits per heavy atom. The van der Waals surface area contributed by atoms with Gasteiger partial charge in [-0.05, 0) is 121 Å². The minimum Gasteiger partial charge on any atom is -0.399 e. The lowest BCUT2D eigenvalue weighted by Crippen LogP contribution is -1.98. The zero-order valence-electron chi connectivity index (χ0n) is 36.0. The molecule has 0 saturated carbocycles. The van der Waals surface area contributed by atoms with E-state index in [0.717, 1.165) is 37.1 Å². The number of hydrogen-bond acceptors (Lipinski definition) is 2. The molecule has 4 N–H and O–H groups in total. The molecule has 0 aliphatic carbocycles. The number of benzene rings is 4. The second kappa shape index (κ2) is 28.0. The van der Waals surface area contributed by atoms with Crippen LogP contribution in [0.3, 0.4) is 0 Å². The minimum atomic E-state index is 0.954. The third-order valence-corrected chi connectivity index (χ3v) is 12.1. The summed E-state index contributed by atoms with van der Waals surface area (Å²) in [6, 6.07) is 32.1. The van der Waals surface area contributed by atoms with Crippen LogP contribution in [0, 0.1) is 0 Å². The topological polar surface area (TPSA) is 52.0 Å². The normalized spacial score (nSPS) is 11.4. The third-order valence-electron chi connectivity index (χ3n) is 12.1. The second-order valence-corrected chi connectivity index (χ2v) is 17.1. The maximum Gasteiger partial charge on any atom is 0.0346 e. The summed E-state index contributed by atoms with van der Waals surface area (Å²) < 4.78 is 0. The van der Waals surface area contributed by atoms with Crippen molar-refractivity contribution in [2.75, 3.05) is 11.5 Å². The lowest BCUT2D eigenvalue weighted by Gasteiger charge is -2.10. The molecule has 0 aliphatic heterocycles. The minimum absolute atomic E-state index is 0.954. The molecule has 0 aliphatic rings. The van der Waals surface area contributed by atoms with Crippen LogP contribution in [-0.2, 0) is 38.5 Å². The van der Waals surface area contributed by atoms with E-state index < -0.39 is 0 Å². The highest BCUT2D eigenvalue weighted by Crippen LogP contribution is 2.23. The third kappa shape index (κ3) is 18.6. The lowest BCUT2D eigenvalue weighted by molar-refractivity contribution is 0.533. The van der Waals surface area contributed by atoms with Crippen molar-refractivity contribution < 1.29 is 0 Å². The first-order chi connectivity index (χ1) is 27.5. The number of unbranched alkanes of at least 4 members (excludes halogenated alkanes) is 19. The Balaban J connectivity index is 0.936. The van der Waals surface area contributed by atoms with Crippen LogP contribution in [-0.4, -0.2) is 0 Å². The van der Waals surface area contributed by atoms with E-state index in [-0.39, 0.29) is 0 Å². The highest BCUT2D eigenvalue weighted by atomic mass is 14.6. The van der Waals surface area contributed by atoms with Crippen LogP contribution in [0.2, 0.25) is 0 Å². The second-order valence-electron chi connectivity index (χ2n) is 17.1. The summed E-state index contributed by atoms with van der Waals surface area (Å²) in [6.07, 6.45) is 36.4. The predicted octanol–water partition coefficient (Wildman–Crippen LogP) is 15.5. The Labute approximate surface area is 344 Å². The van der Waals surface area contributed by atoms with Crippen molar-refractivity contribution in [2.45, 2.75) is 194 Å². The van der Waals surface area contributed by atoms with Gasteiger partial charge in [0.15, 0.2) is 0 Å². The maximum absolute atomic E-state index is 6.28. The van der Waals surface area contributed by atoms with Crippen molar-refractivity contribution in [1.82, 2.24) is 0 Å². The van der Waals surface area contributed by atoms with E-state index in [2.05, 4.69) is 98.8 Å². The molecule has 2 heteroatoms. The Bertz CT molecular complexity index is 1460. The van der Waals surface area contributed by atoms with Crippen molar-refractivity contribution in [3.8, 4) is 0 Å². The van der Waals surface area contributed by atoms with Crippen molar-refractivity contribution in [3.63, 3.8) is 0 Å². The molecule has 0 aromatic heterocycles. The number of aryl methyl sites for hydroxylation is 4. The molecule has 4 rings (SSSR count). The van der Waals surface area contributed by atoms with E-state index in [0.29, 0.717) is 0 Å². The van der Waals surface area contributed by atoms with E-state index in [4.69, 9.17) is 11.5 Å². The maximum atomic E-state index is 6.28. The van der Waals surface area contributed by atoms with Crippen LogP contribution in [0.15, 0.2) is 84.9 Å². The molecular formula is C54H80N2. The van der Waals surface area contributed by atoms with E-state index in [9.17, 15) is 0 Å². The fraction of sp³-hybridized carbons (Fsp3) is 0.556. The van der Waals surface area contributed by atoms with Crippen LogP contribution in [0.1, 0.15) is 200 Å². The van der Waals surface area contributed by atoms with E-state index in [1.165, 1.54) is 199 Å². The van der Waals surface area contributed by atoms with Gasteiger partial charge in [0.05, 0.1) is 0 Å². The Hall–Kier alpha value is -3.52. The van der Waals surface area contributed by atoms with E-state index in [1.807, 2.05) is 0 Å². The first-order valence-electron chi connectivity index (χ1n) is 23.4. The average Bonchev–Trinajstić information content (AvgIpc) is 3.21. The molecule has 4 aromatic carbocycles. The summed E-state index contributed by atoms with van der Waals surface area (Å²) in [5, 5.41) is 0. The predicted molar refractivity (Wildman–Crippen MR) is 248 cm³/mol. The number of nitrogen functional groups attached to an aromatic ring is 2. The first-order valence-corrected chi connectivity index (χ1v) is 23.4. The average molecular weight is 757 g/mol. The quantitative estimate of drug-likeness (QED) is 0.0397. The van der Waals surface area contributed by atoms with E-state index >= 15 is 0 Å². The molecule has 0 amide bonds. The molecular weight excluding hydrogens is 677 g/mol. The fourth-order valence-corrected chi connectivity index (χ4v) is 8.35. The van der Waals surface area contributed by atoms with Crippen molar-refractivity contribution in [2.24, 2.45) is 0 Å². The molecule has 0 fully saturated rings. The molecule has 0 saturated heterocycles. The summed E-state index contributed by atoms with van der Waals surface area (Å²) >= 11 is 0. The van der Waals surface area contributed by atoms with Gasteiger partial charge in [0, 0.05) is 11.4 Å². The van der Waals surface area contributed by atoms with Crippen molar-refractivity contribution in [3.05, 3.63) is 129 Å². The number of anilines is 2. The fourth-order valence-electron chi connectivity index (χ4n) is 8.35. The van der Waals surface area contributed by atoms with Gasteiger partial charge in [-0.3, -0.25) is 0 Å². The molecule has 0 bridgehead atoms. The highest BCUT2D eigenvalue weighted by Gasteiger charge is 2.06. The van der Waals surface area contributed by atoms with Crippen LogP contribution < -0.4 is 11.5 Å². The van der Waals surface area contributed by atoms with Crippen LogP contribution in [0.5, 0.6) is 0 Å². The molecule has 0 radical (unpaired) electrons. The van der Waals surface area contributed by atoms with Gasteiger partial charge in [0.2, 0.25) is 0 Å². The summed E-state index contributed by atoms with van der Waals surface area (Å²) in [5.41, 5.74) is 25.7. The SMILES string of the molecule is CCCCCCc1cc(Cc2ccc(CCCCCCCCCCCCCCCCc3ccc(Cc4ccc(N)c(CCCCCC)c4)cc3)cc2)ccc1N. The van der Waals surface area contributed by atoms with Crippen molar-refractivity contribution in [1.29, 1.82) is 0 Å². The summed E-state index contributed by atoms with van der Waals surface area (Å²) in [5.74, 6) is 0. The molecule has 0 heterocycles. The molecule has 4 aromatic rings. The van der Waals surface area contributed by atoms with Gasteiger partial charge in [-0.1, -0.05) is 202 Å². The van der Waals surface area contributed by atoms with Gasteiger partial charge in [0.25, 0.3) is 0 Å². The Kier molecular flexibility index (Phi) is 22.6. The van der Waals surface area contributed by atoms with Crippen molar-refractivity contribution >= 4 is 11.4 Å². The first kappa shape index (κ1) is 45.2. The highest BCUT2D eigenvalue weighted by molar-refractivity contribution is 5.50. The van der Waals surface area contributed by atoms with Gasteiger partial charge in [-0.2, -0.15) is 0 Å². The van der Waals surface area contributed by atoms with Gasteiger partial charge in [0.1, 0.15) is 0 Å². The largest absolute Gasteiger partial charge is 0.399 e. The zero-order chi connectivity index (χ0) is 39.5. The summed E-state index contributed by atoms with van der Waals surface area (Å²) in [6.45, 7) is 4.53. The molecule has 0 atom stereocenters. The lowest BCUT2D eigenvalue weighted by atomic mass is 9.97. The molecule has 306 valence electrons. The Morgan fingerprint density at radius 2 is 0.554 bits per heavy atom. The van der Waals surface area contributed by atoms with Gasteiger partial charge in [-0.25, -0.2) is 0 Å². The number of rotatable bonds is 31. The number of hydrogen-bond donors (Lipinski definition) is 2. The summed E-state index contributed by atoms with van der Waals surface area (Å²) in [4.78, 5) is 0. The standard InChI is InChI=1S/C54H80N2/c1-3-5-7-23-27-51-43-49(37-39-53(51)55)41-47-33-29-45(30-34-47)25-21-19-17-15-13-11-9-10-12-14-16-18-20-22-26-46-31-35-48(36-32-46)42-50-38-40-54(56)52(44-50)28-24-8-6-4-2/h29-40,43-44H,3-28,41-42,55-56H2,1-2H3. The van der Waals surface area contributed by atoms with Gasteiger partial charge >= 0.3 is 0 Å². The molecule has 0 unspecified atom stereocenters. The summed E-state index contributed by atoms with van der Waals surface area (Å²) in [7, 11) is 0.